The van der Waals surface area contributed by atoms with Crippen molar-refractivity contribution in [1.29, 1.82) is 0 Å². The Hall–Kier alpha value is -1.43. The highest BCUT2D eigenvalue weighted by Crippen LogP contribution is 2.39. The first-order valence-corrected chi connectivity index (χ1v) is 7.92. The minimum Gasteiger partial charge on any atom is -0.496 e. The molecule has 1 aromatic carbocycles. The third kappa shape index (κ3) is 2.95. The van der Waals surface area contributed by atoms with Crippen molar-refractivity contribution in [3.8, 4) is 17.2 Å². The molecule has 1 atom stereocenters. The lowest BCUT2D eigenvalue weighted by Crippen LogP contribution is -2.11. The van der Waals surface area contributed by atoms with Crippen molar-refractivity contribution in [3.63, 3.8) is 0 Å². The number of nitrogens with two attached hydrogens (primary N) is 1. The molecule has 1 aromatic heterocycles. The molecule has 1 aliphatic rings. The van der Waals surface area contributed by atoms with Crippen molar-refractivity contribution in [2.24, 2.45) is 5.73 Å². The third-order valence-electron chi connectivity index (χ3n) is 3.34. The van der Waals surface area contributed by atoms with Gasteiger partial charge in [-0.05, 0) is 17.7 Å². The van der Waals surface area contributed by atoms with Gasteiger partial charge in [0.25, 0.3) is 0 Å². The van der Waals surface area contributed by atoms with Gasteiger partial charge < -0.3 is 19.9 Å². The molecule has 2 aromatic rings. The second-order valence-electron chi connectivity index (χ2n) is 4.74. The largest absolute Gasteiger partial charge is 0.496 e. The summed E-state index contributed by atoms with van der Waals surface area (Å²) in [5.74, 6) is 2.18. The zero-order valence-electron chi connectivity index (χ0n) is 11.6. The van der Waals surface area contributed by atoms with Gasteiger partial charge >= 0.3 is 0 Å². The summed E-state index contributed by atoms with van der Waals surface area (Å²) in [4.78, 5) is 0.989. The van der Waals surface area contributed by atoms with Crippen LogP contribution in [0.15, 0.2) is 23.6 Å². The fourth-order valence-electron chi connectivity index (χ4n) is 2.20. The molecule has 21 heavy (non-hydrogen) atoms. The van der Waals surface area contributed by atoms with Gasteiger partial charge in [0.05, 0.1) is 26.4 Å². The lowest BCUT2D eigenvalue weighted by Gasteiger charge is -2.15. The number of rotatable bonds is 3. The predicted molar refractivity (Wildman–Crippen MR) is 84.0 cm³/mol. The van der Waals surface area contributed by atoms with Gasteiger partial charge in [-0.2, -0.15) is 0 Å². The molecule has 0 saturated heterocycles. The standard InChI is InChI=1S/C15H16ClNO3S/c1-18-9-5-14(21-8-9)15(17)10-6-12-13(7-11(10)16)20-4-2-3-19-12/h5-8,15H,2-4,17H2,1H3. The summed E-state index contributed by atoms with van der Waals surface area (Å²) in [6.07, 6.45) is 0.857. The molecule has 3 rings (SSSR count). The van der Waals surface area contributed by atoms with E-state index < -0.39 is 0 Å². The SMILES string of the molecule is COc1csc(C(N)c2cc3c(cc2Cl)OCCCO3)c1. The molecule has 0 bridgehead atoms. The molecule has 0 spiro atoms. The van der Waals surface area contributed by atoms with Gasteiger partial charge in [-0.25, -0.2) is 0 Å². The Labute approximate surface area is 132 Å². The van der Waals surface area contributed by atoms with Crippen molar-refractivity contribution >= 4 is 22.9 Å². The van der Waals surface area contributed by atoms with Crippen LogP contribution in [0.3, 0.4) is 0 Å². The second kappa shape index (κ2) is 6.13. The van der Waals surface area contributed by atoms with E-state index in [0.29, 0.717) is 29.7 Å². The monoisotopic (exact) mass is 325 g/mol. The van der Waals surface area contributed by atoms with Crippen molar-refractivity contribution < 1.29 is 14.2 Å². The quantitative estimate of drug-likeness (QED) is 0.936. The minimum atomic E-state index is -0.316. The normalized spacial score (nSPS) is 15.4. The van der Waals surface area contributed by atoms with Crippen molar-refractivity contribution in [3.05, 3.63) is 39.0 Å². The minimum absolute atomic E-state index is 0.316. The van der Waals surface area contributed by atoms with Gasteiger partial charge in [-0.15, -0.1) is 11.3 Å². The van der Waals surface area contributed by atoms with E-state index in [1.54, 1.807) is 24.5 Å². The fourth-order valence-corrected chi connectivity index (χ4v) is 3.34. The van der Waals surface area contributed by atoms with Crippen LogP contribution in [0.1, 0.15) is 22.9 Å². The third-order valence-corrected chi connectivity index (χ3v) is 4.66. The number of methoxy groups -OCH3 is 1. The average Bonchev–Trinajstić information content (AvgIpc) is 2.86. The van der Waals surface area contributed by atoms with Gasteiger partial charge in [0.15, 0.2) is 11.5 Å². The summed E-state index contributed by atoms with van der Waals surface area (Å²) in [6, 6.07) is 5.26. The highest BCUT2D eigenvalue weighted by atomic mass is 35.5. The van der Waals surface area contributed by atoms with E-state index in [1.807, 2.05) is 17.5 Å². The molecule has 1 aliphatic heterocycles. The smallest absolute Gasteiger partial charge is 0.162 e. The van der Waals surface area contributed by atoms with E-state index in [1.165, 1.54) is 0 Å². The molecule has 112 valence electrons. The van der Waals surface area contributed by atoms with Crippen LogP contribution < -0.4 is 19.9 Å². The first-order chi connectivity index (χ1) is 10.2. The molecule has 2 N–H and O–H groups in total. The molecule has 1 unspecified atom stereocenters. The summed E-state index contributed by atoms with van der Waals surface area (Å²) in [6.45, 7) is 1.27. The molecule has 0 radical (unpaired) electrons. The van der Waals surface area contributed by atoms with Crippen LogP contribution in [0, 0.1) is 0 Å². The van der Waals surface area contributed by atoms with E-state index in [4.69, 9.17) is 31.5 Å². The van der Waals surface area contributed by atoms with Gasteiger partial charge in [0, 0.05) is 27.8 Å². The highest BCUT2D eigenvalue weighted by Gasteiger charge is 2.20. The number of fused-ring (bicyclic) bond motifs is 1. The maximum atomic E-state index is 6.36. The Morgan fingerprint density at radius 3 is 2.62 bits per heavy atom. The summed E-state index contributed by atoms with van der Waals surface area (Å²) in [5, 5.41) is 2.51. The summed E-state index contributed by atoms with van der Waals surface area (Å²) in [5.41, 5.74) is 7.16. The molecular formula is C15H16ClNO3S. The van der Waals surface area contributed by atoms with Gasteiger partial charge in [-0.1, -0.05) is 11.6 Å². The number of halogens is 1. The number of benzene rings is 1. The molecule has 0 aliphatic carbocycles. The van der Waals surface area contributed by atoms with E-state index in [2.05, 4.69) is 0 Å². The number of ether oxygens (including phenoxy) is 3. The molecule has 0 saturated carbocycles. The van der Waals surface area contributed by atoms with E-state index in [9.17, 15) is 0 Å². The summed E-state index contributed by atoms with van der Waals surface area (Å²) < 4.78 is 16.5. The van der Waals surface area contributed by atoms with Gasteiger partial charge in [0.1, 0.15) is 5.75 Å². The van der Waals surface area contributed by atoms with Crippen LogP contribution in [0.5, 0.6) is 17.2 Å². The van der Waals surface area contributed by atoms with E-state index in [0.717, 1.165) is 22.6 Å². The first kappa shape index (κ1) is 14.5. The van der Waals surface area contributed by atoms with Crippen molar-refractivity contribution in [1.82, 2.24) is 0 Å². The van der Waals surface area contributed by atoms with Crippen LogP contribution in [0.2, 0.25) is 5.02 Å². The van der Waals surface area contributed by atoms with Crippen LogP contribution in [0.25, 0.3) is 0 Å². The molecule has 2 heterocycles. The zero-order chi connectivity index (χ0) is 14.8. The summed E-state index contributed by atoms with van der Waals surface area (Å²) >= 11 is 7.90. The maximum Gasteiger partial charge on any atom is 0.162 e. The van der Waals surface area contributed by atoms with Gasteiger partial charge in [0.2, 0.25) is 0 Å². The Balaban J connectivity index is 1.95. The lowest BCUT2D eigenvalue weighted by atomic mass is 10.1. The molecule has 0 amide bonds. The Morgan fingerprint density at radius 1 is 1.24 bits per heavy atom. The lowest BCUT2D eigenvalue weighted by molar-refractivity contribution is 0.297. The Kier molecular flexibility index (Phi) is 4.24. The highest BCUT2D eigenvalue weighted by molar-refractivity contribution is 7.10. The molecular weight excluding hydrogens is 310 g/mol. The molecule has 6 heteroatoms. The van der Waals surface area contributed by atoms with Gasteiger partial charge in [-0.3, -0.25) is 0 Å². The Bertz CT molecular complexity index is 644. The molecule has 0 fully saturated rings. The van der Waals surface area contributed by atoms with E-state index >= 15 is 0 Å². The number of hydrogen-bond acceptors (Lipinski definition) is 5. The average molecular weight is 326 g/mol. The van der Waals surface area contributed by atoms with Crippen molar-refractivity contribution in [2.45, 2.75) is 12.5 Å². The first-order valence-electron chi connectivity index (χ1n) is 6.66. The second-order valence-corrected chi connectivity index (χ2v) is 6.09. The zero-order valence-corrected chi connectivity index (χ0v) is 13.2. The fraction of sp³-hybridized carbons (Fsp3) is 0.333. The number of thiophene rings is 1. The Morgan fingerprint density at radius 2 is 1.95 bits per heavy atom. The topological polar surface area (TPSA) is 53.7 Å². The van der Waals surface area contributed by atoms with Crippen LogP contribution in [-0.4, -0.2) is 20.3 Å². The van der Waals surface area contributed by atoms with Crippen LogP contribution in [0.4, 0.5) is 0 Å². The summed E-state index contributed by atoms with van der Waals surface area (Å²) in [7, 11) is 1.64. The predicted octanol–water partition coefficient (Wildman–Crippen LogP) is 3.62. The number of hydrogen-bond donors (Lipinski definition) is 1. The maximum absolute atomic E-state index is 6.36. The van der Waals surface area contributed by atoms with Crippen molar-refractivity contribution in [2.75, 3.05) is 20.3 Å². The molecule has 4 nitrogen and oxygen atoms in total. The van der Waals surface area contributed by atoms with Crippen LogP contribution in [-0.2, 0) is 0 Å². The van der Waals surface area contributed by atoms with Crippen LogP contribution >= 0.6 is 22.9 Å². The van der Waals surface area contributed by atoms with E-state index in [-0.39, 0.29) is 6.04 Å².